The van der Waals surface area contributed by atoms with Crippen LogP contribution in [0.3, 0.4) is 0 Å². The van der Waals surface area contributed by atoms with E-state index in [-0.39, 0.29) is 0 Å². The number of pyridine rings is 1. The second-order valence-corrected chi connectivity index (χ2v) is 13.3. The van der Waals surface area contributed by atoms with E-state index in [2.05, 4.69) is 117 Å². The fourth-order valence-electron chi connectivity index (χ4n) is 5.64. The lowest BCUT2D eigenvalue weighted by Crippen LogP contribution is -2.51. The molecule has 0 saturated heterocycles. The number of fused-ring (bicyclic) bond motifs is 2. The van der Waals surface area contributed by atoms with Gasteiger partial charge in [-0.15, -0.1) is 0 Å². The Morgan fingerprint density at radius 2 is 0.956 bits per heavy atom. The third kappa shape index (κ3) is 5.58. The van der Waals surface area contributed by atoms with Crippen molar-refractivity contribution < 1.29 is 0 Å². The molecule has 0 aliphatic carbocycles. The Bertz CT molecular complexity index is 2160. The van der Waals surface area contributed by atoms with Gasteiger partial charge in [0, 0.05) is 0 Å². The molecule has 0 saturated carbocycles. The van der Waals surface area contributed by atoms with Crippen LogP contribution in [0.1, 0.15) is 0 Å². The number of aromatic nitrogens is 5. The summed E-state index contributed by atoms with van der Waals surface area (Å²) in [7, 11) is -1.20. The van der Waals surface area contributed by atoms with E-state index in [1.54, 1.807) is 0 Å². The molecule has 8 aromatic rings. The Kier molecular flexibility index (Phi) is 6.86. The SMILES string of the molecule is c1ccc(-c2cc(Nc3nc4ccccc4[nH]3)nc(Nc3nc4ccc([Si+](c5ccccc5)c5ccccc5)cc4[nH]3)c2)cc1. The molecule has 0 atom stereocenters. The van der Waals surface area contributed by atoms with Gasteiger partial charge in [0.2, 0.25) is 11.9 Å². The number of hydrogen-bond acceptors (Lipinski definition) is 5. The van der Waals surface area contributed by atoms with Gasteiger partial charge in [0.25, 0.3) is 0 Å². The number of aromatic amines is 2. The first-order chi connectivity index (χ1) is 22.2. The number of para-hydroxylation sites is 2. The third-order valence-corrected chi connectivity index (χ3v) is 10.4. The van der Waals surface area contributed by atoms with Crippen LogP contribution in [0.4, 0.5) is 23.5 Å². The molecule has 0 aliphatic heterocycles. The lowest BCUT2D eigenvalue weighted by Gasteiger charge is -2.10. The second kappa shape index (κ2) is 11.6. The van der Waals surface area contributed by atoms with Crippen molar-refractivity contribution in [3.05, 3.63) is 146 Å². The van der Waals surface area contributed by atoms with Crippen molar-refractivity contribution in [2.24, 2.45) is 0 Å². The molecule has 0 radical (unpaired) electrons. The van der Waals surface area contributed by atoms with Crippen molar-refractivity contribution in [1.82, 2.24) is 24.9 Å². The molecule has 8 rings (SSSR count). The maximum Gasteiger partial charge on any atom is 0.428 e. The Labute approximate surface area is 261 Å². The number of hydrogen-bond donors (Lipinski definition) is 4. The van der Waals surface area contributed by atoms with Crippen LogP contribution in [0.2, 0.25) is 0 Å². The highest BCUT2D eigenvalue weighted by Crippen LogP contribution is 2.28. The average molecular weight is 599 g/mol. The summed E-state index contributed by atoms with van der Waals surface area (Å²) in [5.74, 6) is 2.58. The minimum atomic E-state index is -1.20. The van der Waals surface area contributed by atoms with E-state index in [4.69, 9.17) is 9.97 Å². The van der Waals surface area contributed by atoms with Crippen LogP contribution >= 0.6 is 0 Å². The van der Waals surface area contributed by atoms with Crippen LogP contribution in [-0.4, -0.2) is 33.7 Å². The molecule has 0 amide bonds. The first-order valence-corrected chi connectivity index (χ1v) is 16.3. The first kappa shape index (κ1) is 26.6. The fourth-order valence-corrected chi connectivity index (χ4v) is 8.23. The van der Waals surface area contributed by atoms with Gasteiger partial charge < -0.3 is 20.6 Å². The summed E-state index contributed by atoms with van der Waals surface area (Å²) in [6.45, 7) is 0. The number of nitrogens with one attached hydrogen (secondary N) is 4. The number of nitrogens with zero attached hydrogens (tertiary/aromatic N) is 3. The van der Waals surface area contributed by atoms with E-state index in [9.17, 15) is 0 Å². The molecule has 7 nitrogen and oxygen atoms in total. The maximum atomic E-state index is 4.88. The quantitative estimate of drug-likeness (QED) is 0.118. The molecular formula is C37H28N7Si+. The van der Waals surface area contributed by atoms with E-state index in [0.717, 1.165) is 33.2 Å². The molecule has 3 aromatic heterocycles. The predicted molar refractivity (Wildman–Crippen MR) is 186 cm³/mol. The van der Waals surface area contributed by atoms with Gasteiger partial charge >= 0.3 is 8.80 Å². The van der Waals surface area contributed by atoms with Crippen molar-refractivity contribution in [3.8, 4) is 11.1 Å². The summed E-state index contributed by atoms with van der Waals surface area (Å²) in [5, 5.41) is 10.8. The smallest absolute Gasteiger partial charge is 0.324 e. The number of anilines is 4. The number of benzene rings is 5. The zero-order valence-corrected chi connectivity index (χ0v) is 25.2. The van der Waals surface area contributed by atoms with Gasteiger partial charge in [0.1, 0.15) is 27.2 Å². The van der Waals surface area contributed by atoms with Gasteiger partial charge in [-0.25, -0.2) is 15.0 Å². The summed E-state index contributed by atoms with van der Waals surface area (Å²) in [6.07, 6.45) is 0. The zero-order chi connectivity index (χ0) is 30.0. The molecule has 214 valence electrons. The van der Waals surface area contributed by atoms with E-state index < -0.39 is 8.80 Å². The fraction of sp³-hybridized carbons (Fsp3) is 0. The van der Waals surface area contributed by atoms with Crippen LogP contribution in [0, 0.1) is 0 Å². The minimum Gasteiger partial charge on any atom is -0.324 e. The summed E-state index contributed by atoms with van der Waals surface area (Å²) in [5.41, 5.74) is 5.82. The summed E-state index contributed by atoms with van der Waals surface area (Å²) in [6, 6.07) is 50.4. The molecular weight excluding hydrogens is 571 g/mol. The van der Waals surface area contributed by atoms with Crippen molar-refractivity contribution in [2.75, 3.05) is 10.6 Å². The highest BCUT2D eigenvalue weighted by Gasteiger charge is 2.36. The zero-order valence-electron chi connectivity index (χ0n) is 24.2. The van der Waals surface area contributed by atoms with Gasteiger partial charge in [-0.05, 0) is 77.9 Å². The third-order valence-electron chi connectivity index (χ3n) is 7.71. The number of H-pyrrole nitrogens is 2. The van der Waals surface area contributed by atoms with Crippen LogP contribution in [0.15, 0.2) is 146 Å². The van der Waals surface area contributed by atoms with Crippen LogP contribution in [0.5, 0.6) is 0 Å². The van der Waals surface area contributed by atoms with Gasteiger partial charge in [-0.2, -0.15) is 0 Å². The Hall–Kier alpha value is -5.99. The largest absolute Gasteiger partial charge is 0.428 e. The van der Waals surface area contributed by atoms with Gasteiger partial charge in [0.05, 0.1) is 22.1 Å². The van der Waals surface area contributed by atoms with Crippen LogP contribution in [0.25, 0.3) is 33.2 Å². The monoisotopic (exact) mass is 598 g/mol. The molecule has 5 aromatic carbocycles. The first-order valence-electron chi connectivity index (χ1n) is 14.8. The van der Waals surface area contributed by atoms with E-state index in [0.29, 0.717) is 23.5 Å². The highest BCUT2D eigenvalue weighted by molar-refractivity contribution is 6.95. The standard InChI is InChI=1S/C37H28N7Si/c1-4-12-25(13-5-1)26-22-34(43-36-38-30-18-10-11-19-31(30)39-36)42-35(23-26)44-37-40-32-21-20-29(24-33(32)41-37)45(27-14-6-2-7-15-27)28-16-8-3-9-17-28/h1-24H,(H4,38,39,40,41,42,43,44)/q+1. The Balaban J connectivity index is 1.14. The van der Waals surface area contributed by atoms with E-state index in [1.165, 1.54) is 15.6 Å². The molecule has 0 bridgehead atoms. The summed E-state index contributed by atoms with van der Waals surface area (Å²) >= 11 is 0. The van der Waals surface area contributed by atoms with Crippen LogP contribution < -0.4 is 26.2 Å². The lowest BCUT2D eigenvalue weighted by atomic mass is 10.1. The minimum absolute atomic E-state index is 0.628. The normalized spacial score (nSPS) is 11.1. The summed E-state index contributed by atoms with van der Waals surface area (Å²) in [4.78, 5) is 21.3. The molecule has 45 heavy (non-hydrogen) atoms. The van der Waals surface area contributed by atoms with Gasteiger partial charge in [-0.1, -0.05) is 78.9 Å². The summed E-state index contributed by atoms with van der Waals surface area (Å²) < 4.78 is 0. The van der Waals surface area contributed by atoms with Crippen LogP contribution in [-0.2, 0) is 0 Å². The van der Waals surface area contributed by atoms with E-state index in [1.807, 2.05) is 54.6 Å². The Morgan fingerprint density at radius 3 is 1.58 bits per heavy atom. The van der Waals surface area contributed by atoms with Gasteiger partial charge in [0.15, 0.2) is 0 Å². The van der Waals surface area contributed by atoms with Crippen molar-refractivity contribution in [1.29, 1.82) is 0 Å². The average Bonchev–Trinajstić information content (AvgIpc) is 3.69. The highest BCUT2D eigenvalue weighted by atomic mass is 28.3. The molecule has 0 fully saturated rings. The maximum absolute atomic E-state index is 4.88. The van der Waals surface area contributed by atoms with E-state index >= 15 is 0 Å². The molecule has 4 N–H and O–H groups in total. The Morgan fingerprint density at radius 1 is 0.422 bits per heavy atom. The number of imidazole rings is 2. The predicted octanol–water partition coefficient (Wildman–Crippen LogP) is 6.50. The van der Waals surface area contributed by atoms with Crippen molar-refractivity contribution in [2.45, 2.75) is 0 Å². The van der Waals surface area contributed by atoms with Crippen molar-refractivity contribution in [3.63, 3.8) is 0 Å². The topological polar surface area (TPSA) is 94.3 Å². The number of rotatable bonds is 8. The second-order valence-electron chi connectivity index (χ2n) is 10.8. The molecule has 3 heterocycles. The molecule has 0 unspecified atom stereocenters. The van der Waals surface area contributed by atoms with Gasteiger partial charge in [-0.3, -0.25) is 0 Å². The lowest BCUT2D eigenvalue weighted by molar-refractivity contribution is 1.22. The molecule has 0 spiro atoms. The van der Waals surface area contributed by atoms with Crippen molar-refractivity contribution >= 4 is 70.0 Å². The molecule has 0 aliphatic rings. The molecule has 8 heteroatoms.